The molecule has 0 radical (unpaired) electrons. The molecule has 16 heavy (non-hydrogen) atoms. The van der Waals surface area contributed by atoms with Crippen molar-refractivity contribution in [3.63, 3.8) is 0 Å². The van der Waals surface area contributed by atoms with E-state index in [4.69, 9.17) is 10.8 Å². The zero-order valence-corrected chi connectivity index (χ0v) is 10.7. The maximum absolute atomic E-state index is 9.04. The third-order valence-electron chi connectivity index (χ3n) is 3.53. The van der Waals surface area contributed by atoms with Crippen molar-refractivity contribution in [2.75, 3.05) is 26.2 Å². The molecule has 0 aromatic rings. The van der Waals surface area contributed by atoms with Gasteiger partial charge in [0, 0.05) is 5.54 Å². The van der Waals surface area contributed by atoms with Crippen molar-refractivity contribution < 1.29 is 5.11 Å². The molecule has 0 aromatic carbocycles. The summed E-state index contributed by atoms with van der Waals surface area (Å²) in [5.41, 5.74) is 5.52. The van der Waals surface area contributed by atoms with Gasteiger partial charge in [-0.25, -0.2) is 0 Å². The number of rotatable bonds is 6. The summed E-state index contributed by atoms with van der Waals surface area (Å²) >= 11 is 0. The molecular weight excluding hydrogens is 200 g/mol. The number of nitrogens with two attached hydrogens (primary N) is 1. The van der Waals surface area contributed by atoms with Crippen LogP contribution in [0.5, 0.6) is 0 Å². The predicted octanol–water partition coefficient (Wildman–Crippen LogP) is 1.74. The van der Waals surface area contributed by atoms with E-state index in [1.165, 1.54) is 51.7 Å². The summed E-state index contributed by atoms with van der Waals surface area (Å²) in [5, 5.41) is 9.04. The number of unbranched alkanes of at least 4 members (excludes halogenated alkanes) is 1. The van der Waals surface area contributed by atoms with Crippen molar-refractivity contribution in [2.45, 2.75) is 57.4 Å². The first-order valence-electron chi connectivity index (χ1n) is 6.76. The van der Waals surface area contributed by atoms with E-state index < -0.39 is 0 Å². The molecular formula is C13H28N2O. The van der Waals surface area contributed by atoms with E-state index in [9.17, 15) is 0 Å². The van der Waals surface area contributed by atoms with Crippen LogP contribution in [0.4, 0.5) is 0 Å². The molecule has 3 N–H and O–H groups in total. The lowest BCUT2D eigenvalue weighted by Gasteiger charge is -2.23. The van der Waals surface area contributed by atoms with Crippen LogP contribution >= 0.6 is 0 Å². The Morgan fingerprint density at radius 3 is 2.31 bits per heavy atom. The highest BCUT2D eigenvalue weighted by Crippen LogP contribution is 2.13. The molecule has 1 saturated heterocycles. The van der Waals surface area contributed by atoms with Crippen molar-refractivity contribution in [2.24, 2.45) is 5.73 Å². The largest absolute Gasteiger partial charge is 0.394 e. The van der Waals surface area contributed by atoms with E-state index in [0.29, 0.717) is 0 Å². The molecule has 1 heterocycles. The second-order valence-electron chi connectivity index (χ2n) is 5.53. The zero-order chi connectivity index (χ0) is 11.9. The Labute approximate surface area is 100 Å². The Morgan fingerprint density at radius 2 is 1.75 bits per heavy atom. The number of aliphatic hydroxyl groups excluding tert-OH is 1. The number of nitrogens with zero attached hydrogens (tertiary/aromatic N) is 1. The summed E-state index contributed by atoms with van der Waals surface area (Å²) in [6.45, 7) is 5.79. The first-order valence-corrected chi connectivity index (χ1v) is 6.76. The fourth-order valence-electron chi connectivity index (χ4n) is 2.30. The minimum Gasteiger partial charge on any atom is -0.394 e. The standard InChI is InChI=1S/C13H28N2O/c1-13(14,12-16)8-4-7-11-15-9-5-2-3-6-10-15/h16H,2-12,14H2,1H3. The van der Waals surface area contributed by atoms with Crippen LogP contribution in [0.15, 0.2) is 0 Å². The van der Waals surface area contributed by atoms with Gasteiger partial charge in [-0.15, -0.1) is 0 Å². The fraction of sp³-hybridized carbons (Fsp3) is 1.00. The second-order valence-corrected chi connectivity index (χ2v) is 5.53. The Morgan fingerprint density at radius 1 is 1.12 bits per heavy atom. The molecule has 0 bridgehead atoms. The molecule has 1 unspecified atom stereocenters. The summed E-state index contributed by atoms with van der Waals surface area (Å²) in [6.07, 6.45) is 8.81. The van der Waals surface area contributed by atoms with Crippen molar-refractivity contribution >= 4 is 0 Å². The third-order valence-corrected chi connectivity index (χ3v) is 3.53. The van der Waals surface area contributed by atoms with Gasteiger partial charge < -0.3 is 15.7 Å². The Bertz CT molecular complexity index is 175. The quantitative estimate of drug-likeness (QED) is 0.681. The summed E-state index contributed by atoms with van der Waals surface area (Å²) < 4.78 is 0. The van der Waals surface area contributed by atoms with E-state index >= 15 is 0 Å². The van der Waals surface area contributed by atoms with Crippen molar-refractivity contribution in [1.29, 1.82) is 0 Å². The molecule has 0 aliphatic carbocycles. The van der Waals surface area contributed by atoms with Gasteiger partial charge in [0.25, 0.3) is 0 Å². The summed E-state index contributed by atoms with van der Waals surface area (Å²) in [7, 11) is 0. The molecule has 1 aliphatic heterocycles. The maximum Gasteiger partial charge on any atom is 0.0608 e. The van der Waals surface area contributed by atoms with Gasteiger partial charge in [-0.3, -0.25) is 0 Å². The predicted molar refractivity (Wildman–Crippen MR) is 68.4 cm³/mol. The van der Waals surface area contributed by atoms with Gasteiger partial charge in [0.2, 0.25) is 0 Å². The molecule has 96 valence electrons. The Balaban J connectivity index is 2.05. The molecule has 0 aromatic heterocycles. The molecule has 0 amide bonds. The van der Waals surface area contributed by atoms with E-state index in [2.05, 4.69) is 4.90 Å². The average molecular weight is 228 g/mol. The normalized spacial score (nSPS) is 22.7. The van der Waals surface area contributed by atoms with Crippen LogP contribution < -0.4 is 5.73 Å². The molecule has 1 aliphatic rings. The molecule has 1 atom stereocenters. The highest BCUT2D eigenvalue weighted by atomic mass is 16.3. The maximum atomic E-state index is 9.04. The molecule has 3 heteroatoms. The lowest BCUT2D eigenvalue weighted by Crippen LogP contribution is -2.40. The van der Waals surface area contributed by atoms with Crippen molar-refractivity contribution in [1.82, 2.24) is 4.90 Å². The number of hydrogen-bond acceptors (Lipinski definition) is 3. The van der Waals surface area contributed by atoms with Crippen LogP contribution in [0.25, 0.3) is 0 Å². The minimum absolute atomic E-state index is 0.0940. The van der Waals surface area contributed by atoms with Crippen LogP contribution in [-0.2, 0) is 0 Å². The highest BCUT2D eigenvalue weighted by Gasteiger charge is 2.16. The Kier molecular flexibility index (Phi) is 6.32. The number of likely N-dealkylation sites (tertiary alicyclic amines) is 1. The SMILES string of the molecule is CC(N)(CO)CCCCN1CCCCCC1. The van der Waals surface area contributed by atoms with E-state index in [-0.39, 0.29) is 12.1 Å². The van der Waals surface area contributed by atoms with Crippen LogP contribution in [0.1, 0.15) is 51.9 Å². The van der Waals surface area contributed by atoms with Gasteiger partial charge >= 0.3 is 0 Å². The van der Waals surface area contributed by atoms with Gasteiger partial charge in [0.05, 0.1) is 6.61 Å². The topological polar surface area (TPSA) is 49.5 Å². The third kappa shape index (κ3) is 5.83. The monoisotopic (exact) mass is 228 g/mol. The number of hydrogen-bond donors (Lipinski definition) is 2. The van der Waals surface area contributed by atoms with Crippen LogP contribution in [0, 0.1) is 0 Å². The van der Waals surface area contributed by atoms with Crippen molar-refractivity contribution in [3.8, 4) is 0 Å². The van der Waals surface area contributed by atoms with E-state index in [1.807, 2.05) is 6.92 Å². The summed E-state index contributed by atoms with van der Waals surface area (Å²) in [4.78, 5) is 2.58. The molecule has 0 spiro atoms. The molecule has 3 nitrogen and oxygen atoms in total. The second kappa shape index (κ2) is 7.25. The van der Waals surface area contributed by atoms with Gasteiger partial charge in [-0.05, 0) is 52.2 Å². The van der Waals surface area contributed by atoms with Gasteiger partial charge in [-0.2, -0.15) is 0 Å². The Hall–Kier alpha value is -0.120. The van der Waals surface area contributed by atoms with Gasteiger partial charge in [0.1, 0.15) is 0 Å². The minimum atomic E-state index is -0.376. The summed E-state index contributed by atoms with van der Waals surface area (Å²) in [5.74, 6) is 0. The smallest absolute Gasteiger partial charge is 0.0608 e. The molecule has 0 saturated carbocycles. The van der Waals surface area contributed by atoms with Crippen molar-refractivity contribution in [3.05, 3.63) is 0 Å². The molecule has 1 fully saturated rings. The van der Waals surface area contributed by atoms with E-state index in [1.54, 1.807) is 0 Å². The van der Waals surface area contributed by atoms with Crippen LogP contribution in [0.3, 0.4) is 0 Å². The molecule has 1 rings (SSSR count). The zero-order valence-electron chi connectivity index (χ0n) is 10.7. The fourth-order valence-corrected chi connectivity index (χ4v) is 2.30. The van der Waals surface area contributed by atoms with Gasteiger partial charge in [0.15, 0.2) is 0 Å². The lowest BCUT2D eigenvalue weighted by atomic mass is 9.97. The average Bonchev–Trinajstić information content (AvgIpc) is 2.53. The van der Waals surface area contributed by atoms with Gasteiger partial charge in [-0.1, -0.05) is 19.3 Å². The van der Waals surface area contributed by atoms with Crippen LogP contribution in [-0.4, -0.2) is 41.8 Å². The first-order chi connectivity index (χ1) is 7.64. The van der Waals surface area contributed by atoms with Crippen LogP contribution in [0.2, 0.25) is 0 Å². The lowest BCUT2D eigenvalue weighted by molar-refractivity contribution is 0.194. The summed E-state index contributed by atoms with van der Waals surface area (Å²) in [6, 6.07) is 0. The first kappa shape index (κ1) is 13.9. The highest BCUT2D eigenvalue weighted by molar-refractivity contribution is 4.77. The van der Waals surface area contributed by atoms with E-state index in [0.717, 1.165) is 12.8 Å². The number of aliphatic hydroxyl groups is 1.